The second-order valence-corrected chi connectivity index (χ2v) is 15.2. The summed E-state index contributed by atoms with van der Waals surface area (Å²) in [7, 11) is -2.86. The normalized spacial score (nSPS) is 18.6. The lowest BCUT2D eigenvalue weighted by Gasteiger charge is -2.44. The second kappa shape index (κ2) is 12.8. The summed E-state index contributed by atoms with van der Waals surface area (Å²) in [5.74, 6) is -0.218. The van der Waals surface area contributed by atoms with E-state index in [4.69, 9.17) is 18.6 Å². The quantitative estimate of drug-likeness (QED) is 0.320. The van der Waals surface area contributed by atoms with E-state index in [0.29, 0.717) is 18.1 Å². The van der Waals surface area contributed by atoms with Gasteiger partial charge in [0.15, 0.2) is 12.1 Å². The van der Waals surface area contributed by atoms with E-state index in [1.165, 1.54) is 6.92 Å². The van der Waals surface area contributed by atoms with Gasteiger partial charge >= 0.3 is 5.97 Å². The smallest absolute Gasteiger partial charge is 0.302 e. The topological polar surface area (TPSA) is 71.1 Å². The van der Waals surface area contributed by atoms with Crippen LogP contribution in [0.2, 0.25) is 5.04 Å². The number of carbonyl (C=O) groups is 2. The Morgan fingerprint density at radius 2 is 1.57 bits per heavy atom. The van der Waals surface area contributed by atoms with Gasteiger partial charge in [0.2, 0.25) is 0 Å². The molecule has 6 nitrogen and oxygen atoms in total. The molecule has 200 valence electrons. The first-order valence-electron chi connectivity index (χ1n) is 12.9. The molecule has 2 aromatic carbocycles. The van der Waals surface area contributed by atoms with Crippen molar-refractivity contribution in [1.29, 1.82) is 0 Å². The monoisotopic (exact) mass is 524 g/mol. The highest BCUT2D eigenvalue weighted by molar-refractivity contribution is 6.99. The van der Waals surface area contributed by atoms with E-state index in [1.54, 1.807) is 6.08 Å². The van der Waals surface area contributed by atoms with Crippen molar-refractivity contribution in [3.8, 4) is 0 Å². The van der Waals surface area contributed by atoms with Crippen LogP contribution in [-0.4, -0.2) is 52.3 Å². The number of carbonyl (C=O) groups excluding carboxylic acids is 2. The molecule has 0 aliphatic carbocycles. The van der Waals surface area contributed by atoms with E-state index in [1.807, 2.05) is 36.4 Å². The maximum Gasteiger partial charge on any atom is 0.302 e. The van der Waals surface area contributed by atoms with Crippen molar-refractivity contribution < 1.29 is 28.2 Å². The maximum absolute atomic E-state index is 13.4. The third-order valence-corrected chi connectivity index (χ3v) is 11.5. The van der Waals surface area contributed by atoms with Crippen molar-refractivity contribution in [1.82, 2.24) is 0 Å². The molecule has 0 bridgehead atoms. The first-order chi connectivity index (χ1) is 17.5. The Bertz CT molecular complexity index is 1020. The van der Waals surface area contributed by atoms with Crippen molar-refractivity contribution in [2.75, 3.05) is 19.8 Å². The summed E-state index contributed by atoms with van der Waals surface area (Å²) < 4.78 is 24.2. The molecule has 0 radical (unpaired) electrons. The largest absolute Gasteiger partial charge is 0.461 e. The molecule has 0 N–H and O–H groups in total. The number of esters is 1. The number of hydrogen-bond donors (Lipinski definition) is 0. The predicted octanol–water partition coefficient (Wildman–Crippen LogP) is 4.41. The Hall–Kier alpha value is -2.58. The summed E-state index contributed by atoms with van der Waals surface area (Å²) in [6.45, 7) is 12.6. The van der Waals surface area contributed by atoms with Crippen LogP contribution < -0.4 is 10.4 Å². The van der Waals surface area contributed by atoms with E-state index in [2.05, 4.69) is 58.9 Å². The zero-order chi connectivity index (χ0) is 27.1. The molecule has 1 aliphatic heterocycles. The van der Waals surface area contributed by atoms with Crippen molar-refractivity contribution >= 4 is 30.4 Å². The van der Waals surface area contributed by atoms with Gasteiger partial charge in [-0.25, -0.2) is 0 Å². The average Bonchev–Trinajstić information content (AvgIpc) is 2.85. The molecule has 0 aromatic heterocycles. The molecule has 2 atom stereocenters. The van der Waals surface area contributed by atoms with Gasteiger partial charge in [-0.05, 0) is 33.8 Å². The molecule has 2 aromatic rings. The van der Waals surface area contributed by atoms with Crippen molar-refractivity contribution in [2.24, 2.45) is 5.92 Å². The highest BCUT2D eigenvalue weighted by atomic mass is 28.4. The molecular formula is C30H40O6Si. The minimum absolute atomic E-state index is 0.0631. The molecule has 0 saturated carbocycles. The van der Waals surface area contributed by atoms with Crippen LogP contribution in [0.15, 0.2) is 72.3 Å². The molecule has 3 rings (SSSR count). The van der Waals surface area contributed by atoms with Crippen LogP contribution in [0.3, 0.4) is 0 Å². The van der Waals surface area contributed by atoms with Crippen LogP contribution in [0, 0.1) is 5.92 Å². The molecule has 0 amide bonds. The molecule has 0 fully saturated rings. The zero-order valence-electron chi connectivity index (χ0n) is 22.9. The maximum atomic E-state index is 13.4. The van der Waals surface area contributed by atoms with Crippen LogP contribution in [0.1, 0.15) is 48.0 Å². The van der Waals surface area contributed by atoms with Gasteiger partial charge in [-0.1, -0.05) is 95.3 Å². The third kappa shape index (κ3) is 7.26. The van der Waals surface area contributed by atoms with Gasteiger partial charge in [0.05, 0.1) is 13.2 Å². The molecule has 0 saturated heterocycles. The minimum Gasteiger partial charge on any atom is -0.461 e. The van der Waals surface area contributed by atoms with Crippen LogP contribution in [0.25, 0.3) is 0 Å². The van der Waals surface area contributed by atoms with E-state index < -0.39 is 26.7 Å². The standard InChI is InChI=1S/C30H40O6Si/c1-22(2)17-18-33-28-19-24(20-34-23(3)31)29(32)27(36-28)21-35-37(30(4,5)6,25-13-9-7-10-14-25)26-15-11-8-12-16-26/h7-16,19,22,27-28H,17-18,20-21H2,1-6H3/t27-,28+/m1/s1. The molecule has 37 heavy (non-hydrogen) atoms. The van der Waals surface area contributed by atoms with Gasteiger partial charge in [0.1, 0.15) is 12.7 Å². The Morgan fingerprint density at radius 3 is 2.05 bits per heavy atom. The SMILES string of the molecule is CC(=O)OCC1=C[C@@H](OCCC(C)C)O[C@H](CO[Si](c2ccccc2)(c2ccccc2)C(C)(C)C)C1=O. The van der Waals surface area contributed by atoms with Gasteiger partial charge < -0.3 is 18.6 Å². The van der Waals surface area contributed by atoms with E-state index in [9.17, 15) is 9.59 Å². The Balaban J connectivity index is 1.93. The number of Topliss-reactive ketones (excluding diaryl/α,β-unsaturated/α-hetero) is 1. The summed E-state index contributed by atoms with van der Waals surface area (Å²) in [5, 5.41) is 2.01. The van der Waals surface area contributed by atoms with Crippen LogP contribution in [0.5, 0.6) is 0 Å². The van der Waals surface area contributed by atoms with Crippen molar-refractivity contribution in [2.45, 2.75) is 65.4 Å². The van der Waals surface area contributed by atoms with Crippen LogP contribution >= 0.6 is 0 Å². The number of ether oxygens (including phenoxy) is 3. The molecular weight excluding hydrogens is 484 g/mol. The lowest BCUT2D eigenvalue weighted by Crippen LogP contribution is -2.67. The third-order valence-electron chi connectivity index (χ3n) is 6.52. The Labute approximate surface area is 222 Å². The first-order valence-corrected chi connectivity index (χ1v) is 14.9. The summed E-state index contributed by atoms with van der Waals surface area (Å²) in [6, 6.07) is 20.5. The van der Waals surface area contributed by atoms with Crippen molar-refractivity contribution in [3.63, 3.8) is 0 Å². The lowest BCUT2D eigenvalue weighted by molar-refractivity contribution is -0.171. The van der Waals surface area contributed by atoms with Gasteiger partial charge in [-0.2, -0.15) is 0 Å². The van der Waals surface area contributed by atoms with Gasteiger partial charge in [-0.3, -0.25) is 9.59 Å². The lowest BCUT2D eigenvalue weighted by atomic mass is 10.0. The Kier molecular flexibility index (Phi) is 10.0. The molecule has 1 heterocycles. The van der Waals surface area contributed by atoms with E-state index >= 15 is 0 Å². The molecule has 0 spiro atoms. The Morgan fingerprint density at radius 1 is 1.00 bits per heavy atom. The van der Waals surface area contributed by atoms with Crippen LogP contribution in [-0.2, 0) is 28.2 Å². The number of benzene rings is 2. The molecule has 1 aliphatic rings. The van der Waals surface area contributed by atoms with E-state index in [0.717, 1.165) is 16.8 Å². The predicted molar refractivity (Wildman–Crippen MR) is 147 cm³/mol. The average molecular weight is 525 g/mol. The fourth-order valence-corrected chi connectivity index (χ4v) is 9.16. The second-order valence-electron chi connectivity index (χ2n) is 10.9. The fraction of sp³-hybridized carbons (Fsp3) is 0.467. The molecule has 7 heteroatoms. The number of rotatable bonds is 11. The zero-order valence-corrected chi connectivity index (χ0v) is 23.9. The minimum atomic E-state index is -2.86. The fourth-order valence-electron chi connectivity index (χ4n) is 4.60. The summed E-state index contributed by atoms with van der Waals surface area (Å²) in [4.78, 5) is 24.8. The highest BCUT2D eigenvalue weighted by Crippen LogP contribution is 2.37. The summed E-state index contributed by atoms with van der Waals surface area (Å²) in [5.41, 5.74) is 0.368. The van der Waals surface area contributed by atoms with Gasteiger partial charge in [-0.15, -0.1) is 0 Å². The summed E-state index contributed by atoms with van der Waals surface area (Å²) in [6.07, 6.45) is 0.894. The highest BCUT2D eigenvalue weighted by Gasteiger charge is 2.51. The number of hydrogen-bond acceptors (Lipinski definition) is 6. The van der Waals surface area contributed by atoms with Gasteiger partial charge in [0.25, 0.3) is 8.32 Å². The van der Waals surface area contributed by atoms with Crippen LogP contribution in [0.4, 0.5) is 0 Å². The number of ketones is 1. The first kappa shape index (κ1) is 29.0. The van der Waals surface area contributed by atoms with Crippen molar-refractivity contribution in [3.05, 3.63) is 72.3 Å². The molecule has 0 unspecified atom stereocenters. The summed E-state index contributed by atoms with van der Waals surface area (Å²) >= 11 is 0. The van der Waals surface area contributed by atoms with Gasteiger partial charge in [0, 0.05) is 12.5 Å². The van der Waals surface area contributed by atoms with E-state index in [-0.39, 0.29) is 24.0 Å².